The van der Waals surface area contributed by atoms with Crippen LogP contribution in [0, 0.1) is 0 Å². The summed E-state index contributed by atoms with van der Waals surface area (Å²) in [6.07, 6.45) is 4.76. The van der Waals surface area contributed by atoms with Crippen LogP contribution in [0.1, 0.15) is 16.7 Å². The number of aromatic nitrogens is 1. The van der Waals surface area contributed by atoms with Gasteiger partial charge in [0, 0.05) is 32.5 Å². The molecule has 1 amide bonds. The number of nitrogens with one attached hydrogen (secondary N) is 2. The molecule has 2 aromatic rings. The molecule has 2 N–H and O–H groups in total. The number of nitrogens with zero attached hydrogens (tertiary/aromatic N) is 1. The molecular weight excluding hydrogens is 250 g/mol. The summed E-state index contributed by atoms with van der Waals surface area (Å²) in [4.78, 5) is 12.2. The van der Waals surface area contributed by atoms with Gasteiger partial charge < -0.3 is 15.2 Å². The van der Waals surface area contributed by atoms with E-state index in [1.807, 2.05) is 42.2 Å². The Balaban J connectivity index is 1.59. The van der Waals surface area contributed by atoms with Gasteiger partial charge in [0.1, 0.15) is 0 Å². The Morgan fingerprint density at radius 1 is 1.35 bits per heavy atom. The van der Waals surface area contributed by atoms with Crippen LogP contribution >= 0.6 is 0 Å². The summed E-state index contributed by atoms with van der Waals surface area (Å²) < 4.78 is 1.98. The van der Waals surface area contributed by atoms with Gasteiger partial charge in [0.2, 0.25) is 5.91 Å². The van der Waals surface area contributed by atoms with Gasteiger partial charge in [-0.2, -0.15) is 0 Å². The summed E-state index contributed by atoms with van der Waals surface area (Å²) >= 11 is 0. The predicted octanol–water partition coefficient (Wildman–Crippen LogP) is 1.36. The molecule has 104 valence electrons. The Kier molecular flexibility index (Phi) is 3.56. The number of carbonyl (C=O) groups is 1. The second-order valence-corrected chi connectivity index (χ2v) is 5.31. The highest BCUT2D eigenvalue weighted by Gasteiger charge is 2.23. The maximum absolute atomic E-state index is 12.2. The molecule has 1 aromatic carbocycles. The molecule has 0 aliphatic carbocycles. The van der Waals surface area contributed by atoms with Gasteiger partial charge in [-0.1, -0.05) is 24.3 Å². The van der Waals surface area contributed by atoms with Crippen molar-refractivity contribution in [3.05, 3.63) is 59.4 Å². The lowest BCUT2D eigenvalue weighted by Crippen LogP contribution is -2.47. The monoisotopic (exact) mass is 269 g/mol. The van der Waals surface area contributed by atoms with E-state index in [4.69, 9.17) is 0 Å². The van der Waals surface area contributed by atoms with E-state index in [0.717, 1.165) is 18.5 Å². The van der Waals surface area contributed by atoms with Crippen LogP contribution in [-0.4, -0.2) is 16.5 Å². The van der Waals surface area contributed by atoms with Gasteiger partial charge >= 0.3 is 0 Å². The molecule has 0 bridgehead atoms. The van der Waals surface area contributed by atoms with Gasteiger partial charge in [-0.05, 0) is 29.2 Å². The molecule has 1 aliphatic rings. The van der Waals surface area contributed by atoms with Crippen molar-refractivity contribution in [2.24, 2.45) is 7.05 Å². The van der Waals surface area contributed by atoms with Crippen LogP contribution in [0.2, 0.25) is 0 Å². The summed E-state index contributed by atoms with van der Waals surface area (Å²) in [5.74, 6) is 0.0726. The Morgan fingerprint density at radius 3 is 2.90 bits per heavy atom. The Labute approximate surface area is 118 Å². The van der Waals surface area contributed by atoms with Crippen LogP contribution in [0.4, 0.5) is 0 Å². The third-order valence-electron chi connectivity index (χ3n) is 3.76. The quantitative estimate of drug-likeness (QED) is 0.883. The van der Waals surface area contributed by atoms with E-state index in [2.05, 4.69) is 22.8 Å². The molecule has 4 nitrogen and oxygen atoms in total. The minimum absolute atomic E-state index is 0.0726. The van der Waals surface area contributed by atoms with Crippen LogP contribution in [0.3, 0.4) is 0 Å². The van der Waals surface area contributed by atoms with E-state index in [9.17, 15) is 4.79 Å². The van der Waals surface area contributed by atoms with Gasteiger partial charge in [-0.15, -0.1) is 0 Å². The first-order valence-electron chi connectivity index (χ1n) is 6.91. The highest BCUT2D eigenvalue weighted by atomic mass is 16.2. The molecule has 1 aromatic heterocycles. The summed E-state index contributed by atoms with van der Waals surface area (Å²) in [5, 5.41) is 6.30. The highest BCUT2D eigenvalue weighted by Crippen LogP contribution is 2.16. The fourth-order valence-electron chi connectivity index (χ4n) is 2.62. The van der Waals surface area contributed by atoms with Crippen molar-refractivity contribution >= 4 is 5.91 Å². The Hall–Kier alpha value is -2.07. The summed E-state index contributed by atoms with van der Waals surface area (Å²) in [5.41, 5.74) is 3.68. The third kappa shape index (κ3) is 2.75. The second kappa shape index (κ2) is 5.51. The number of aryl methyl sites for hydroxylation is 1. The van der Waals surface area contributed by atoms with Gasteiger partial charge in [0.25, 0.3) is 0 Å². The lowest BCUT2D eigenvalue weighted by Gasteiger charge is -2.25. The topological polar surface area (TPSA) is 46.1 Å². The van der Waals surface area contributed by atoms with Crippen molar-refractivity contribution in [3.8, 4) is 0 Å². The van der Waals surface area contributed by atoms with Gasteiger partial charge in [-0.3, -0.25) is 4.79 Å². The van der Waals surface area contributed by atoms with E-state index in [0.29, 0.717) is 6.54 Å². The number of hydrogen-bond acceptors (Lipinski definition) is 2. The first-order valence-corrected chi connectivity index (χ1v) is 6.91. The van der Waals surface area contributed by atoms with Crippen molar-refractivity contribution in [2.45, 2.75) is 25.6 Å². The average molecular weight is 269 g/mol. The number of amides is 1. The number of rotatable bonds is 3. The van der Waals surface area contributed by atoms with Crippen molar-refractivity contribution in [2.75, 3.05) is 0 Å². The molecule has 2 heterocycles. The molecule has 0 spiro atoms. The lowest BCUT2D eigenvalue weighted by atomic mass is 9.95. The second-order valence-electron chi connectivity index (χ2n) is 5.31. The van der Waals surface area contributed by atoms with E-state index in [1.54, 1.807) is 0 Å². The normalized spacial score (nSPS) is 17.6. The van der Waals surface area contributed by atoms with Gasteiger partial charge in [0.15, 0.2) is 0 Å². The van der Waals surface area contributed by atoms with Crippen molar-refractivity contribution in [3.63, 3.8) is 0 Å². The third-order valence-corrected chi connectivity index (χ3v) is 3.76. The smallest absolute Gasteiger partial charge is 0.237 e. The standard InChI is InChI=1S/C16H19N3O/c1-19-7-6-12(11-19)9-18-16(20)15-8-13-4-2-3-5-14(13)10-17-15/h2-7,11,15,17H,8-10H2,1H3,(H,18,20). The molecule has 1 unspecified atom stereocenters. The van der Waals surface area contributed by atoms with E-state index < -0.39 is 0 Å². The Morgan fingerprint density at radius 2 is 2.15 bits per heavy atom. The molecule has 0 fully saturated rings. The number of carbonyl (C=O) groups excluding carboxylic acids is 1. The van der Waals surface area contributed by atoms with Gasteiger partial charge in [-0.25, -0.2) is 0 Å². The van der Waals surface area contributed by atoms with Gasteiger partial charge in [0.05, 0.1) is 6.04 Å². The van der Waals surface area contributed by atoms with Crippen molar-refractivity contribution < 1.29 is 4.79 Å². The van der Waals surface area contributed by atoms with Crippen molar-refractivity contribution in [1.29, 1.82) is 0 Å². The first-order chi connectivity index (χ1) is 9.72. The molecule has 0 saturated heterocycles. The zero-order valence-electron chi connectivity index (χ0n) is 11.6. The van der Waals surface area contributed by atoms with Crippen LogP contribution in [0.5, 0.6) is 0 Å². The summed E-state index contributed by atoms with van der Waals surface area (Å²) in [6.45, 7) is 1.35. The summed E-state index contributed by atoms with van der Waals surface area (Å²) in [7, 11) is 1.98. The Bertz CT molecular complexity index is 618. The maximum atomic E-state index is 12.2. The van der Waals surface area contributed by atoms with Crippen LogP contribution in [0.25, 0.3) is 0 Å². The fraction of sp³-hybridized carbons (Fsp3) is 0.312. The molecule has 0 radical (unpaired) electrons. The van der Waals surface area contributed by atoms with E-state index in [1.165, 1.54) is 11.1 Å². The van der Waals surface area contributed by atoms with Crippen LogP contribution < -0.4 is 10.6 Å². The molecular formula is C16H19N3O. The van der Waals surface area contributed by atoms with Crippen LogP contribution in [0.15, 0.2) is 42.7 Å². The molecule has 3 rings (SSSR count). The average Bonchev–Trinajstić information content (AvgIpc) is 2.90. The van der Waals surface area contributed by atoms with Crippen LogP contribution in [-0.2, 0) is 31.4 Å². The van der Waals surface area contributed by atoms with Crippen molar-refractivity contribution in [1.82, 2.24) is 15.2 Å². The zero-order chi connectivity index (χ0) is 13.9. The molecule has 4 heteroatoms. The molecule has 20 heavy (non-hydrogen) atoms. The number of fused-ring (bicyclic) bond motifs is 1. The highest BCUT2D eigenvalue weighted by molar-refractivity contribution is 5.82. The largest absolute Gasteiger partial charge is 0.357 e. The van der Waals surface area contributed by atoms with E-state index >= 15 is 0 Å². The minimum atomic E-state index is -0.131. The number of benzene rings is 1. The molecule has 0 saturated carbocycles. The SMILES string of the molecule is Cn1ccc(CNC(=O)C2Cc3ccccc3CN2)c1. The lowest BCUT2D eigenvalue weighted by molar-refractivity contribution is -0.123. The maximum Gasteiger partial charge on any atom is 0.237 e. The first kappa shape index (κ1) is 12.9. The summed E-state index contributed by atoms with van der Waals surface area (Å²) in [6, 6.07) is 10.2. The zero-order valence-corrected chi connectivity index (χ0v) is 11.6. The molecule has 1 aliphatic heterocycles. The predicted molar refractivity (Wildman–Crippen MR) is 78.0 cm³/mol. The fourth-order valence-corrected chi connectivity index (χ4v) is 2.62. The minimum Gasteiger partial charge on any atom is -0.357 e. The number of hydrogen-bond donors (Lipinski definition) is 2. The van der Waals surface area contributed by atoms with E-state index in [-0.39, 0.29) is 11.9 Å². The molecule has 1 atom stereocenters.